The highest BCUT2D eigenvalue weighted by Crippen LogP contribution is 2.41. The minimum Gasteiger partial charge on any atom is -0.356 e. The van der Waals surface area contributed by atoms with E-state index in [-0.39, 0.29) is 22.9 Å². The molecule has 2 amide bonds. The monoisotopic (exact) mass is 372 g/mol. The molecule has 0 aliphatic rings. The number of amides is 2. The van der Waals surface area contributed by atoms with Crippen LogP contribution in [0, 0.1) is 0 Å². The summed E-state index contributed by atoms with van der Waals surface area (Å²) in [6, 6.07) is 0. The SMILES string of the molecule is CCCCNC(=O)[C@H]([C@@H](C(=O)NCCCC)[Si](C)(C)C)[Si](C)(C)C. The third kappa shape index (κ3) is 7.97. The van der Waals surface area contributed by atoms with Crippen LogP contribution >= 0.6 is 0 Å². The normalized spacial score (nSPS) is 14.8. The zero-order valence-corrected chi connectivity index (χ0v) is 19.2. The smallest absolute Gasteiger partial charge is 0.220 e. The van der Waals surface area contributed by atoms with E-state index in [1.165, 1.54) is 0 Å². The van der Waals surface area contributed by atoms with Gasteiger partial charge in [-0.3, -0.25) is 9.59 Å². The van der Waals surface area contributed by atoms with Gasteiger partial charge in [-0.25, -0.2) is 0 Å². The summed E-state index contributed by atoms with van der Waals surface area (Å²) in [7, 11) is -3.66. The summed E-state index contributed by atoms with van der Waals surface area (Å²) in [6.45, 7) is 18.9. The molecule has 0 aliphatic carbocycles. The molecule has 4 nitrogen and oxygen atoms in total. The average Bonchev–Trinajstić information content (AvgIpc) is 2.42. The maximum Gasteiger partial charge on any atom is 0.220 e. The molecule has 0 fully saturated rings. The number of rotatable bonds is 11. The predicted molar refractivity (Wildman–Crippen MR) is 110 cm³/mol. The van der Waals surface area contributed by atoms with Crippen LogP contribution in [0.2, 0.25) is 50.4 Å². The minimum atomic E-state index is -1.83. The van der Waals surface area contributed by atoms with E-state index in [1.807, 2.05) is 0 Å². The Morgan fingerprint density at radius 3 is 1.21 bits per heavy atom. The lowest BCUT2D eigenvalue weighted by molar-refractivity contribution is -0.126. The summed E-state index contributed by atoms with van der Waals surface area (Å²) in [5.41, 5.74) is -0.301. The molecule has 24 heavy (non-hydrogen) atoms. The van der Waals surface area contributed by atoms with Crippen LogP contribution in [-0.2, 0) is 9.59 Å². The molecule has 0 heterocycles. The molecule has 0 bridgehead atoms. The fraction of sp³-hybridized carbons (Fsp3) is 0.889. The second-order valence-electron chi connectivity index (χ2n) is 8.98. The van der Waals surface area contributed by atoms with Crippen LogP contribution in [0.5, 0.6) is 0 Å². The highest BCUT2D eigenvalue weighted by Gasteiger charge is 2.48. The van der Waals surface area contributed by atoms with Crippen LogP contribution in [-0.4, -0.2) is 41.1 Å². The van der Waals surface area contributed by atoms with Crippen molar-refractivity contribution in [2.45, 2.75) is 89.9 Å². The van der Waals surface area contributed by atoms with Crippen LogP contribution in [0.3, 0.4) is 0 Å². The van der Waals surface area contributed by atoms with Crippen molar-refractivity contribution in [3.05, 3.63) is 0 Å². The van der Waals surface area contributed by atoms with Gasteiger partial charge in [-0.1, -0.05) is 66.0 Å². The van der Waals surface area contributed by atoms with Gasteiger partial charge in [0.25, 0.3) is 0 Å². The Morgan fingerprint density at radius 2 is 1.00 bits per heavy atom. The van der Waals surface area contributed by atoms with E-state index in [2.05, 4.69) is 63.8 Å². The van der Waals surface area contributed by atoms with E-state index in [9.17, 15) is 9.59 Å². The number of unbranched alkanes of at least 4 members (excludes halogenated alkanes) is 2. The Morgan fingerprint density at radius 1 is 0.708 bits per heavy atom. The minimum absolute atomic E-state index is 0.0979. The molecular weight excluding hydrogens is 332 g/mol. The Kier molecular flexibility index (Phi) is 10.1. The lowest BCUT2D eigenvalue weighted by atomic mass is 10.2. The molecule has 2 N–H and O–H groups in total. The number of carbonyl (C=O) groups is 2. The van der Waals surface area contributed by atoms with Crippen molar-refractivity contribution in [2.24, 2.45) is 0 Å². The summed E-state index contributed by atoms with van der Waals surface area (Å²) in [5, 5.41) is 6.21. The van der Waals surface area contributed by atoms with E-state index < -0.39 is 16.1 Å². The van der Waals surface area contributed by atoms with Crippen LogP contribution in [0.4, 0.5) is 0 Å². The van der Waals surface area contributed by atoms with Crippen LogP contribution in [0.25, 0.3) is 0 Å². The Balaban J connectivity index is 5.44. The molecule has 0 rings (SSSR count). The van der Waals surface area contributed by atoms with Gasteiger partial charge in [-0.15, -0.1) is 0 Å². The van der Waals surface area contributed by atoms with Crippen molar-refractivity contribution in [1.82, 2.24) is 10.6 Å². The molecule has 0 spiro atoms. The third-order valence-corrected chi connectivity index (χ3v) is 9.68. The molecule has 142 valence electrons. The van der Waals surface area contributed by atoms with Crippen molar-refractivity contribution in [3.63, 3.8) is 0 Å². The molecule has 0 aromatic heterocycles. The first-order valence-corrected chi connectivity index (χ1v) is 16.7. The Bertz CT molecular complexity index is 363. The predicted octanol–water partition coefficient (Wildman–Crippen LogP) is 4.24. The highest BCUT2D eigenvalue weighted by atomic mass is 28.3. The van der Waals surface area contributed by atoms with Gasteiger partial charge in [0.1, 0.15) is 0 Å². The Labute approximate surface area is 151 Å². The van der Waals surface area contributed by atoms with Crippen LogP contribution < -0.4 is 10.6 Å². The average molecular weight is 373 g/mol. The third-order valence-electron chi connectivity index (χ3n) is 4.42. The summed E-state index contributed by atoms with van der Waals surface area (Å²) in [5.74, 6) is 0.196. The molecule has 2 atom stereocenters. The summed E-state index contributed by atoms with van der Waals surface area (Å²) >= 11 is 0. The first-order chi connectivity index (χ1) is 11.0. The number of carbonyl (C=O) groups excluding carboxylic acids is 2. The fourth-order valence-corrected chi connectivity index (χ4v) is 10.2. The van der Waals surface area contributed by atoms with Crippen molar-refractivity contribution in [3.8, 4) is 0 Å². The lowest BCUT2D eigenvalue weighted by Crippen LogP contribution is -2.53. The van der Waals surface area contributed by atoms with Crippen LogP contribution in [0.1, 0.15) is 39.5 Å². The molecule has 6 heteroatoms. The molecule has 0 radical (unpaired) electrons. The largest absolute Gasteiger partial charge is 0.356 e. The summed E-state index contributed by atoms with van der Waals surface area (Å²) in [4.78, 5) is 25.9. The van der Waals surface area contributed by atoms with Gasteiger partial charge < -0.3 is 10.6 Å². The van der Waals surface area contributed by atoms with Crippen molar-refractivity contribution >= 4 is 28.0 Å². The van der Waals surface area contributed by atoms with Gasteiger partial charge >= 0.3 is 0 Å². The van der Waals surface area contributed by atoms with Crippen molar-refractivity contribution in [2.75, 3.05) is 13.1 Å². The summed E-state index contributed by atoms with van der Waals surface area (Å²) < 4.78 is 0. The Hall–Kier alpha value is -0.626. The zero-order valence-electron chi connectivity index (χ0n) is 17.2. The zero-order chi connectivity index (χ0) is 19.0. The highest BCUT2D eigenvalue weighted by molar-refractivity contribution is 6.87. The first kappa shape index (κ1) is 23.4. The summed E-state index contributed by atoms with van der Waals surface area (Å²) in [6.07, 6.45) is 4.11. The van der Waals surface area contributed by atoms with E-state index in [0.29, 0.717) is 13.1 Å². The van der Waals surface area contributed by atoms with Gasteiger partial charge in [0.15, 0.2) is 0 Å². The van der Waals surface area contributed by atoms with Gasteiger partial charge in [0.05, 0.1) is 16.1 Å². The molecule has 0 aliphatic heterocycles. The van der Waals surface area contributed by atoms with Gasteiger partial charge in [-0.05, 0) is 12.8 Å². The van der Waals surface area contributed by atoms with Crippen molar-refractivity contribution in [1.29, 1.82) is 0 Å². The van der Waals surface area contributed by atoms with Gasteiger partial charge in [0, 0.05) is 24.2 Å². The van der Waals surface area contributed by atoms with E-state index >= 15 is 0 Å². The molecule has 0 unspecified atom stereocenters. The van der Waals surface area contributed by atoms with E-state index in [1.54, 1.807) is 0 Å². The number of hydrogen-bond donors (Lipinski definition) is 2. The maximum absolute atomic E-state index is 13.0. The van der Waals surface area contributed by atoms with Gasteiger partial charge in [0.2, 0.25) is 11.8 Å². The molecule has 0 saturated heterocycles. The molecule has 0 aromatic carbocycles. The first-order valence-electron chi connectivity index (χ1n) is 9.52. The van der Waals surface area contributed by atoms with E-state index in [0.717, 1.165) is 25.7 Å². The molecule has 0 aromatic rings. The second kappa shape index (κ2) is 10.4. The topological polar surface area (TPSA) is 58.2 Å². The quantitative estimate of drug-likeness (QED) is 0.421. The maximum atomic E-state index is 13.0. The standard InChI is InChI=1S/C18H40N2O2Si2/c1-9-11-13-19-17(21)15(23(3,4)5)16(24(6,7)8)18(22)20-14-12-10-2/h15-16H,9-14H2,1-8H3,(H,19,21)(H,20,22)/t15-,16-/m0/s1. The number of nitrogens with one attached hydrogen (secondary N) is 2. The number of hydrogen-bond acceptors (Lipinski definition) is 2. The molecular formula is C18H40N2O2Si2. The van der Waals surface area contributed by atoms with Crippen molar-refractivity contribution < 1.29 is 9.59 Å². The second-order valence-corrected chi connectivity index (χ2v) is 19.7. The molecule has 0 saturated carbocycles. The van der Waals surface area contributed by atoms with Gasteiger partial charge in [-0.2, -0.15) is 0 Å². The van der Waals surface area contributed by atoms with Crippen LogP contribution in [0.15, 0.2) is 0 Å². The lowest BCUT2D eigenvalue weighted by Gasteiger charge is -2.40. The fourth-order valence-electron chi connectivity index (χ4n) is 3.09. The van der Waals surface area contributed by atoms with E-state index in [4.69, 9.17) is 0 Å².